The summed E-state index contributed by atoms with van der Waals surface area (Å²) < 4.78 is 10.8. The third kappa shape index (κ3) is 2.88. The maximum absolute atomic E-state index is 5.55. The van der Waals surface area contributed by atoms with Gasteiger partial charge in [0.25, 0.3) is 0 Å². The predicted molar refractivity (Wildman–Crippen MR) is 78.1 cm³/mol. The molecule has 0 unspecified atom stereocenters. The third-order valence-corrected chi connectivity index (χ3v) is 3.81. The summed E-state index contributed by atoms with van der Waals surface area (Å²) >= 11 is 1.62. The molecule has 0 aliphatic carbocycles. The van der Waals surface area contributed by atoms with Gasteiger partial charge in [0, 0.05) is 17.4 Å². The highest BCUT2D eigenvalue weighted by molar-refractivity contribution is 7.09. The maximum Gasteiger partial charge on any atom is 0.128 e. The molecule has 0 saturated carbocycles. The van der Waals surface area contributed by atoms with Crippen LogP contribution in [0.15, 0.2) is 17.5 Å². The molecule has 0 spiro atoms. The molecule has 1 aromatic heterocycles. The van der Waals surface area contributed by atoms with Gasteiger partial charge in [-0.1, -0.05) is 0 Å². The Morgan fingerprint density at radius 2 is 1.95 bits per heavy atom. The molecule has 0 bridgehead atoms. The molecule has 2 N–H and O–H groups in total. The van der Waals surface area contributed by atoms with E-state index in [1.54, 1.807) is 25.6 Å². The number of nitrogens with zero attached hydrogens (tertiary/aromatic N) is 1. The Kier molecular flexibility index (Phi) is 4.39. The van der Waals surface area contributed by atoms with Gasteiger partial charge < -0.3 is 15.2 Å². The molecule has 0 amide bonds. The number of aromatic nitrogens is 1. The Bertz CT molecular complexity index is 567. The molecule has 0 aliphatic heterocycles. The van der Waals surface area contributed by atoms with Crippen LogP contribution in [0.3, 0.4) is 0 Å². The van der Waals surface area contributed by atoms with Gasteiger partial charge in [0.05, 0.1) is 24.9 Å². The highest BCUT2D eigenvalue weighted by atomic mass is 32.1. The second-order valence-corrected chi connectivity index (χ2v) is 5.13. The first kappa shape index (κ1) is 13.8. The number of ether oxygens (including phenoxy) is 2. The lowest BCUT2D eigenvalue weighted by atomic mass is 10.1. The Balaban J connectivity index is 2.46. The van der Waals surface area contributed by atoms with Crippen molar-refractivity contribution in [3.8, 4) is 22.8 Å². The first-order valence-corrected chi connectivity index (χ1v) is 6.95. The Morgan fingerprint density at radius 1 is 1.21 bits per heavy atom. The summed E-state index contributed by atoms with van der Waals surface area (Å²) in [6.07, 6.45) is 0.802. The van der Waals surface area contributed by atoms with E-state index in [-0.39, 0.29) is 0 Å². The van der Waals surface area contributed by atoms with E-state index in [0.29, 0.717) is 6.54 Å². The van der Waals surface area contributed by atoms with Crippen LogP contribution in [0, 0.1) is 6.92 Å². The van der Waals surface area contributed by atoms with Crippen LogP contribution < -0.4 is 15.2 Å². The van der Waals surface area contributed by atoms with E-state index in [9.17, 15) is 0 Å². The fourth-order valence-corrected chi connectivity index (χ4v) is 2.74. The highest BCUT2D eigenvalue weighted by Crippen LogP contribution is 2.36. The fraction of sp³-hybridized carbons (Fsp3) is 0.357. The summed E-state index contributed by atoms with van der Waals surface area (Å²) in [5.74, 6) is 1.65. The lowest BCUT2D eigenvalue weighted by molar-refractivity contribution is 0.401. The minimum atomic E-state index is 0.612. The summed E-state index contributed by atoms with van der Waals surface area (Å²) in [6, 6.07) is 3.94. The predicted octanol–water partition coefficient (Wildman–Crippen LogP) is 2.64. The van der Waals surface area contributed by atoms with Crippen molar-refractivity contribution in [3.05, 3.63) is 28.1 Å². The lowest BCUT2D eigenvalue weighted by Gasteiger charge is -2.11. The minimum absolute atomic E-state index is 0.612. The Labute approximate surface area is 117 Å². The van der Waals surface area contributed by atoms with Gasteiger partial charge in [-0.05, 0) is 31.2 Å². The number of hydrogen-bond acceptors (Lipinski definition) is 5. The average Bonchev–Trinajstić information content (AvgIpc) is 2.87. The molecular formula is C14H18N2O2S. The first-order valence-electron chi connectivity index (χ1n) is 6.07. The number of methoxy groups -OCH3 is 2. The zero-order valence-corrected chi connectivity index (χ0v) is 12.2. The number of hydrogen-bond donors (Lipinski definition) is 1. The normalized spacial score (nSPS) is 10.5. The molecule has 19 heavy (non-hydrogen) atoms. The largest absolute Gasteiger partial charge is 0.496 e. The Morgan fingerprint density at radius 3 is 2.58 bits per heavy atom. The quantitative estimate of drug-likeness (QED) is 0.913. The van der Waals surface area contributed by atoms with E-state index < -0.39 is 0 Å². The van der Waals surface area contributed by atoms with Gasteiger partial charge in [0.2, 0.25) is 0 Å². The Hall–Kier alpha value is -1.59. The summed E-state index contributed by atoms with van der Waals surface area (Å²) in [5, 5.41) is 3.07. The molecule has 4 nitrogen and oxygen atoms in total. The number of nitrogens with two attached hydrogens (primary N) is 1. The van der Waals surface area contributed by atoms with Gasteiger partial charge in [-0.2, -0.15) is 0 Å². The molecule has 1 heterocycles. The summed E-state index contributed by atoms with van der Waals surface area (Å²) in [6.45, 7) is 2.60. The van der Waals surface area contributed by atoms with E-state index in [1.165, 1.54) is 0 Å². The zero-order valence-electron chi connectivity index (χ0n) is 11.4. The number of rotatable bonds is 5. The zero-order chi connectivity index (χ0) is 13.8. The van der Waals surface area contributed by atoms with Gasteiger partial charge in [-0.3, -0.25) is 0 Å². The van der Waals surface area contributed by atoms with Gasteiger partial charge in [-0.25, -0.2) is 4.98 Å². The summed E-state index contributed by atoms with van der Waals surface area (Å²) in [7, 11) is 3.33. The highest BCUT2D eigenvalue weighted by Gasteiger charge is 2.13. The van der Waals surface area contributed by atoms with Crippen LogP contribution in [0.5, 0.6) is 11.5 Å². The van der Waals surface area contributed by atoms with Crippen LogP contribution in [0.4, 0.5) is 0 Å². The van der Waals surface area contributed by atoms with Crippen LogP contribution in [0.1, 0.15) is 10.6 Å². The molecule has 0 fully saturated rings. The van der Waals surface area contributed by atoms with Crippen molar-refractivity contribution >= 4 is 11.3 Å². The molecule has 1 aromatic carbocycles. The molecule has 0 atom stereocenters. The topological polar surface area (TPSA) is 57.4 Å². The minimum Gasteiger partial charge on any atom is -0.496 e. The van der Waals surface area contributed by atoms with E-state index in [4.69, 9.17) is 15.2 Å². The van der Waals surface area contributed by atoms with E-state index >= 15 is 0 Å². The average molecular weight is 278 g/mol. The van der Waals surface area contributed by atoms with Gasteiger partial charge in [0.15, 0.2) is 0 Å². The molecule has 0 aliphatic rings. The van der Waals surface area contributed by atoms with Crippen LogP contribution >= 0.6 is 11.3 Å². The fourth-order valence-electron chi connectivity index (χ4n) is 1.92. The second-order valence-electron chi connectivity index (χ2n) is 4.19. The molecule has 102 valence electrons. The van der Waals surface area contributed by atoms with Crippen molar-refractivity contribution in [2.75, 3.05) is 20.8 Å². The smallest absolute Gasteiger partial charge is 0.128 e. The molecule has 2 rings (SSSR count). The number of benzene rings is 1. The van der Waals surface area contributed by atoms with Gasteiger partial charge in [0.1, 0.15) is 11.5 Å². The van der Waals surface area contributed by atoms with Crippen molar-refractivity contribution in [2.45, 2.75) is 13.3 Å². The summed E-state index contributed by atoms with van der Waals surface area (Å²) in [4.78, 5) is 4.59. The van der Waals surface area contributed by atoms with E-state index in [2.05, 4.69) is 4.98 Å². The number of aryl methyl sites for hydroxylation is 1. The van der Waals surface area contributed by atoms with Crippen LogP contribution in [0.25, 0.3) is 11.3 Å². The van der Waals surface area contributed by atoms with Crippen molar-refractivity contribution < 1.29 is 9.47 Å². The van der Waals surface area contributed by atoms with Crippen molar-refractivity contribution in [3.63, 3.8) is 0 Å². The third-order valence-electron chi connectivity index (χ3n) is 2.90. The van der Waals surface area contributed by atoms with Crippen LogP contribution in [-0.4, -0.2) is 25.7 Å². The maximum atomic E-state index is 5.55. The molecule has 0 radical (unpaired) electrons. The SMILES string of the molecule is COc1cc(-c2csc(CCN)n2)c(OC)cc1C. The molecule has 5 heteroatoms. The van der Waals surface area contributed by atoms with Gasteiger partial charge >= 0.3 is 0 Å². The lowest BCUT2D eigenvalue weighted by Crippen LogP contribution is -2.02. The number of thiazole rings is 1. The van der Waals surface area contributed by atoms with Crippen LogP contribution in [-0.2, 0) is 6.42 Å². The monoisotopic (exact) mass is 278 g/mol. The summed E-state index contributed by atoms with van der Waals surface area (Å²) in [5.41, 5.74) is 8.45. The van der Waals surface area contributed by atoms with E-state index in [0.717, 1.165) is 39.7 Å². The van der Waals surface area contributed by atoms with Crippen molar-refractivity contribution in [2.24, 2.45) is 5.73 Å². The standard InChI is InChI=1S/C14H18N2O2S/c1-9-6-13(18-3)10(7-12(9)17-2)11-8-19-14(16-11)4-5-15/h6-8H,4-5,15H2,1-3H3. The first-order chi connectivity index (χ1) is 9.19. The van der Waals surface area contributed by atoms with Gasteiger partial charge in [-0.15, -0.1) is 11.3 Å². The second kappa shape index (κ2) is 6.04. The van der Waals surface area contributed by atoms with E-state index in [1.807, 2.05) is 24.4 Å². The molecule has 2 aromatic rings. The van der Waals surface area contributed by atoms with Crippen molar-refractivity contribution in [1.29, 1.82) is 0 Å². The molecular weight excluding hydrogens is 260 g/mol. The van der Waals surface area contributed by atoms with Crippen molar-refractivity contribution in [1.82, 2.24) is 4.98 Å². The van der Waals surface area contributed by atoms with Crippen LogP contribution in [0.2, 0.25) is 0 Å². The molecule has 0 saturated heterocycles.